The summed E-state index contributed by atoms with van der Waals surface area (Å²) in [5, 5.41) is 5.10. The van der Waals surface area contributed by atoms with Gasteiger partial charge in [0, 0.05) is 0 Å². The van der Waals surface area contributed by atoms with Crippen LogP contribution in [-0.4, -0.2) is 36.2 Å². The molecule has 0 aliphatic heterocycles. The van der Waals surface area contributed by atoms with Crippen molar-refractivity contribution >= 4 is 25.7 Å². The number of nitrogens with zero attached hydrogens (tertiary/aromatic N) is 1. The van der Waals surface area contributed by atoms with Gasteiger partial charge in [-0.3, -0.25) is 4.31 Å². The number of hydrogen-bond donors (Lipinski definition) is 1. The van der Waals surface area contributed by atoms with Crippen molar-refractivity contribution in [2.24, 2.45) is 5.14 Å². The summed E-state index contributed by atoms with van der Waals surface area (Å²) in [6.07, 6.45) is 1.05. The van der Waals surface area contributed by atoms with Crippen LogP contribution in [0.3, 0.4) is 0 Å². The number of benzene rings is 2. The lowest BCUT2D eigenvalue weighted by Gasteiger charge is -2.22. The SMILES string of the molecule is CS(=O)(=O)N(CCOCc1ccccc1)c1cccc(S(N)(=O)=O)c1. The molecule has 2 aromatic rings. The van der Waals surface area contributed by atoms with E-state index in [-0.39, 0.29) is 23.7 Å². The molecule has 0 heterocycles. The number of rotatable bonds is 8. The second-order valence-electron chi connectivity index (χ2n) is 5.42. The molecule has 0 saturated heterocycles. The summed E-state index contributed by atoms with van der Waals surface area (Å²) in [5.74, 6) is 0. The topological polar surface area (TPSA) is 107 Å². The standard InChI is InChI=1S/C16H20N2O5S2/c1-24(19,20)18(10-11-23-13-14-6-3-2-4-7-14)15-8-5-9-16(12-15)25(17,21)22/h2-9,12H,10-11,13H2,1H3,(H2,17,21,22). The number of primary sulfonamides is 1. The summed E-state index contributed by atoms with van der Waals surface area (Å²) >= 11 is 0. The average molecular weight is 384 g/mol. The van der Waals surface area contributed by atoms with E-state index in [2.05, 4.69) is 0 Å². The zero-order valence-electron chi connectivity index (χ0n) is 13.7. The Bertz CT molecular complexity index is 913. The van der Waals surface area contributed by atoms with Gasteiger partial charge in [-0.1, -0.05) is 36.4 Å². The molecule has 0 aliphatic rings. The summed E-state index contributed by atoms with van der Waals surface area (Å²) in [4.78, 5) is -0.149. The molecular weight excluding hydrogens is 364 g/mol. The van der Waals surface area contributed by atoms with Crippen molar-refractivity contribution in [1.29, 1.82) is 0 Å². The van der Waals surface area contributed by atoms with E-state index in [9.17, 15) is 16.8 Å². The minimum atomic E-state index is -3.92. The molecule has 25 heavy (non-hydrogen) atoms. The highest BCUT2D eigenvalue weighted by molar-refractivity contribution is 7.92. The minimum Gasteiger partial charge on any atom is -0.375 e. The predicted octanol–water partition coefficient (Wildman–Crippen LogP) is 1.32. The Balaban J connectivity index is 2.10. The number of sulfonamides is 2. The highest BCUT2D eigenvalue weighted by Crippen LogP contribution is 2.21. The highest BCUT2D eigenvalue weighted by Gasteiger charge is 2.19. The zero-order valence-corrected chi connectivity index (χ0v) is 15.3. The van der Waals surface area contributed by atoms with Crippen LogP contribution in [-0.2, 0) is 31.4 Å². The molecule has 7 nitrogen and oxygen atoms in total. The lowest BCUT2D eigenvalue weighted by Crippen LogP contribution is -2.33. The van der Waals surface area contributed by atoms with Gasteiger partial charge >= 0.3 is 0 Å². The Kier molecular flexibility index (Phi) is 6.17. The first kappa shape index (κ1) is 19.4. The van der Waals surface area contributed by atoms with E-state index in [0.29, 0.717) is 6.61 Å². The summed E-state index contributed by atoms with van der Waals surface area (Å²) in [5.41, 5.74) is 1.20. The third-order valence-corrected chi connectivity index (χ3v) is 5.49. The van der Waals surface area contributed by atoms with Crippen molar-refractivity contribution in [3.8, 4) is 0 Å². The molecule has 2 rings (SSSR count). The third-order valence-electron chi connectivity index (χ3n) is 3.38. The number of anilines is 1. The molecular formula is C16H20N2O5S2. The minimum absolute atomic E-state index is 0.0553. The molecule has 2 N–H and O–H groups in total. The van der Waals surface area contributed by atoms with E-state index >= 15 is 0 Å². The van der Waals surface area contributed by atoms with Crippen LogP contribution in [0.4, 0.5) is 5.69 Å². The highest BCUT2D eigenvalue weighted by atomic mass is 32.2. The zero-order chi connectivity index (χ0) is 18.5. The summed E-state index contributed by atoms with van der Waals surface area (Å²) in [7, 11) is -7.53. The summed E-state index contributed by atoms with van der Waals surface area (Å²) in [6, 6.07) is 15.0. The van der Waals surface area contributed by atoms with Crippen LogP contribution in [0.1, 0.15) is 5.56 Å². The van der Waals surface area contributed by atoms with Crippen LogP contribution in [0.15, 0.2) is 59.5 Å². The number of ether oxygens (including phenoxy) is 1. The van der Waals surface area contributed by atoms with E-state index in [1.54, 1.807) is 0 Å². The van der Waals surface area contributed by atoms with Crippen molar-refractivity contribution in [2.45, 2.75) is 11.5 Å². The van der Waals surface area contributed by atoms with Gasteiger partial charge in [0.15, 0.2) is 0 Å². The normalized spacial score (nSPS) is 12.1. The first-order chi connectivity index (χ1) is 11.7. The molecule has 0 fully saturated rings. The third kappa shape index (κ3) is 5.82. The Morgan fingerprint density at radius 3 is 2.28 bits per heavy atom. The first-order valence-corrected chi connectivity index (χ1v) is 10.8. The van der Waals surface area contributed by atoms with Crippen molar-refractivity contribution < 1.29 is 21.6 Å². The van der Waals surface area contributed by atoms with Gasteiger partial charge in [-0.05, 0) is 23.8 Å². The lowest BCUT2D eigenvalue weighted by atomic mass is 10.2. The maximum Gasteiger partial charge on any atom is 0.238 e. The molecule has 136 valence electrons. The van der Waals surface area contributed by atoms with E-state index in [1.165, 1.54) is 24.3 Å². The Morgan fingerprint density at radius 1 is 1.00 bits per heavy atom. The molecule has 0 aromatic heterocycles. The molecule has 0 aliphatic carbocycles. The predicted molar refractivity (Wildman–Crippen MR) is 96.1 cm³/mol. The van der Waals surface area contributed by atoms with Gasteiger partial charge in [0.25, 0.3) is 0 Å². The molecule has 0 radical (unpaired) electrons. The fraction of sp³-hybridized carbons (Fsp3) is 0.250. The molecule has 0 spiro atoms. The van der Waals surface area contributed by atoms with E-state index < -0.39 is 20.0 Å². The molecule has 2 aromatic carbocycles. The second-order valence-corrected chi connectivity index (χ2v) is 8.88. The smallest absolute Gasteiger partial charge is 0.238 e. The van der Waals surface area contributed by atoms with Crippen molar-refractivity contribution in [3.05, 3.63) is 60.2 Å². The Labute approximate surface area is 148 Å². The maximum absolute atomic E-state index is 12.0. The van der Waals surface area contributed by atoms with Crippen LogP contribution in [0.5, 0.6) is 0 Å². The molecule has 0 unspecified atom stereocenters. The molecule has 0 atom stereocenters. The van der Waals surface area contributed by atoms with Crippen molar-refractivity contribution in [2.75, 3.05) is 23.7 Å². The Morgan fingerprint density at radius 2 is 1.68 bits per heavy atom. The van der Waals surface area contributed by atoms with Crippen LogP contribution >= 0.6 is 0 Å². The first-order valence-electron chi connectivity index (χ1n) is 7.40. The van der Waals surface area contributed by atoms with E-state index in [0.717, 1.165) is 16.1 Å². The van der Waals surface area contributed by atoms with E-state index in [4.69, 9.17) is 9.88 Å². The monoisotopic (exact) mass is 384 g/mol. The quantitative estimate of drug-likeness (QED) is 0.691. The molecule has 0 bridgehead atoms. The number of hydrogen-bond acceptors (Lipinski definition) is 5. The fourth-order valence-electron chi connectivity index (χ4n) is 2.21. The van der Waals surface area contributed by atoms with Crippen LogP contribution < -0.4 is 9.44 Å². The van der Waals surface area contributed by atoms with E-state index in [1.807, 2.05) is 30.3 Å². The number of nitrogens with two attached hydrogens (primary N) is 1. The van der Waals surface area contributed by atoms with Gasteiger partial charge < -0.3 is 4.74 Å². The largest absolute Gasteiger partial charge is 0.375 e. The van der Waals surface area contributed by atoms with Gasteiger partial charge in [0.2, 0.25) is 20.0 Å². The maximum atomic E-state index is 12.0. The average Bonchev–Trinajstić information content (AvgIpc) is 2.54. The molecule has 9 heteroatoms. The van der Waals surface area contributed by atoms with Gasteiger partial charge in [-0.2, -0.15) is 0 Å². The van der Waals surface area contributed by atoms with Crippen molar-refractivity contribution in [1.82, 2.24) is 0 Å². The van der Waals surface area contributed by atoms with Gasteiger partial charge in [-0.15, -0.1) is 0 Å². The van der Waals surface area contributed by atoms with Crippen LogP contribution in [0.25, 0.3) is 0 Å². The second kappa shape index (κ2) is 7.96. The van der Waals surface area contributed by atoms with Crippen LogP contribution in [0.2, 0.25) is 0 Å². The van der Waals surface area contributed by atoms with Gasteiger partial charge in [0.05, 0.1) is 36.6 Å². The summed E-state index contributed by atoms with van der Waals surface area (Å²) in [6.45, 7) is 0.566. The van der Waals surface area contributed by atoms with Gasteiger partial charge in [-0.25, -0.2) is 22.0 Å². The fourth-order valence-corrected chi connectivity index (χ4v) is 3.67. The Hall–Kier alpha value is -1.94. The van der Waals surface area contributed by atoms with Crippen LogP contribution in [0, 0.1) is 0 Å². The molecule has 0 saturated carbocycles. The summed E-state index contributed by atoms with van der Waals surface area (Å²) < 4.78 is 53.6. The lowest BCUT2D eigenvalue weighted by molar-refractivity contribution is 0.128. The van der Waals surface area contributed by atoms with Gasteiger partial charge in [0.1, 0.15) is 0 Å². The molecule has 0 amide bonds. The van der Waals surface area contributed by atoms with Crippen molar-refractivity contribution in [3.63, 3.8) is 0 Å².